The molecule has 196 valence electrons. The van der Waals surface area contributed by atoms with Gasteiger partial charge in [0.1, 0.15) is 12.7 Å². The molecule has 1 fully saturated rings. The van der Waals surface area contributed by atoms with E-state index < -0.39 is 0 Å². The molecule has 1 saturated heterocycles. The van der Waals surface area contributed by atoms with Crippen LogP contribution in [0.5, 0.6) is 0 Å². The minimum Gasteiger partial charge on any atom is -0.352 e. The third kappa shape index (κ3) is 4.63. The average Bonchev–Trinajstić information content (AvgIpc) is 3.66. The highest BCUT2D eigenvalue weighted by Gasteiger charge is 2.41. The maximum Gasteiger partial charge on any atom is 0.226 e. The molecule has 0 radical (unpaired) electrons. The standard InChI is InChI=1S/C29H28N8OS/c1-19-16-23(20(2)37(19)35-17-31-32-18-35)28-27(25-11-5-6-14-30-25)34-29(39)36(28)15-13-26(38)33-24-12-7-9-21-8-3-4-10-22(21)24/h3-12,14,16-18,27-28H,13,15H2,1-2H3,(H,33,38)(H,34,39)/t27-,28+/m1/s1. The van der Waals surface area contributed by atoms with Gasteiger partial charge in [-0.05, 0) is 55.7 Å². The molecule has 6 rings (SSSR count). The third-order valence-corrected chi connectivity index (χ3v) is 7.58. The van der Waals surface area contributed by atoms with Crippen LogP contribution >= 0.6 is 12.2 Å². The first-order valence-corrected chi connectivity index (χ1v) is 13.2. The highest BCUT2D eigenvalue weighted by molar-refractivity contribution is 7.80. The van der Waals surface area contributed by atoms with Crippen LogP contribution < -0.4 is 10.6 Å². The van der Waals surface area contributed by atoms with Crippen molar-refractivity contribution in [2.75, 3.05) is 11.9 Å². The summed E-state index contributed by atoms with van der Waals surface area (Å²) in [4.78, 5) is 19.9. The Balaban J connectivity index is 1.30. The molecule has 2 aromatic carbocycles. The fourth-order valence-electron chi connectivity index (χ4n) is 5.48. The normalized spacial score (nSPS) is 17.0. The number of hydrogen-bond donors (Lipinski definition) is 2. The van der Waals surface area contributed by atoms with Gasteiger partial charge in [-0.3, -0.25) is 14.5 Å². The number of rotatable bonds is 7. The zero-order valence-corrected chi connectivity index (χ0v) is 22.5. The lowest BCUT2D eigenvalue weighted by molar-refractivity contribution is -0.116. The topological polar surface area (TPSA) is 92.9 Å². The molecular weight excluding hydrogens is 508 g/mol. The summed E-state index contributed by atoms with van der Waals surface area (Å²) in [7, 11) is 0. The number of thiocarbonyl (C=S) groups is 1. The van der Waals surface area contributed by atoms with Gasteiger partial charge in [-0.1, -0.05) is 42.5 Å². The summed E-state index contributed by atoms with van der Waals surface area (Å²) in [5.41, 5.74) is 4.87. The number of amides is 1. The van der Waals surface area contributed by atoms with E-state index >= 15 is 0 Å². The van der Waals surface area contributed by atoms with Gasteiger partial charge in [-0.25, -0.2) is 4.68 Å². The Labute approximate surface area is 231 Å². The molecule has 10 heteroatoms. The molecule has 1 aliphatic rings. The molecule has 2 atom stereocenters. The first-order valence-electron chi connectivity index (χ1n) is 12.8. The molecule has 1 amide bonds. The van der Waals surface area contributed by atoms with Gasteiger partial charge in [0.25, 0.3) is 0 Å². The first kappa shape index (κ1) is 24.7. The second-order valence-corrected chi connectivity index (χ2v) is 10.0. The number of aryl methyl sites for hydroxylation is 1. The van der Waals surface area contributed by atoms with Crippen LogP contribution in [0.3, 0.4) is 0 Å². The summed E-state index contributed by atoms with van der Waals surface area (Å²) in [6.07, 6.45) is 5.42. The molecule has 1 aliphatic heterocycles. The second kappa shape index (κ2) is 10.3. The van der Waals surface area contributed by atoms with Crippen molar-refractivity contribution in [3.05, 3.63) is 108 Å². The summed E-state index contributed by atoms with van der Waals surface area (Å²) in [6.45, 7) is 4.58. The van der Waals surface area contributed by atoms with E-state index in [2.05, 4.69) is 55.3 Å². The van der Waals surface area contributed by atoms with Gasteiger partial charge in [0.15, 0.2) is 5.11 Å². The zero-order valence-electron chi connectivity index (χ0n) is 21.7. The van der Waals surface area contributed by atoms with Gasteiger partial charge in [0.05, 0.1) is 17.8 Å². The minimum absolute atomic E-state index is 0.0656. The van der Waals surface area contributed by atoms with Crippen LogP contribution in [0, 0.1) is 13.8 Å². The summed E-state index contributed by atoms with van der Waals surface area (Å²) in [5.74, 6) is -0.0656. The number of nitrogens with one attached hydrogen (secondary N) is 2. The molecule has 9 nitrogen and oxygen atoms in total. The Morgan fingerprint density at radius 1 is 1.03 bits per heavy atom. The van der Waals surface area contributed by atoms with Crippen molar-refractivity contribution in [2.24, 2.45) is 0 Å². The van der Waals surface area contributed by atoms with Crippen LogP contribution in [-0.2, 0) is 4.79 Å². The van der Waals surface area contributed by atoms with Gasteiger partial charge in [-0.2, -0.15) is 0 Å². The molecule has 5 aromatic rings. The van der Waals surface area contributed by atoms with Gasteiger partial charge in [0.2, 0.25) is 5.91 Å². The fourth-order valence-corrected chi connectivity index (χ4v) is 5.82. The quantitative estimate of drug-likeness (QED) is 0.295. The molecule has 0 bridgehead atoms. The Hall–Kier alpha value is -4.57. The van der Waals surface area contributed by atoms with Crippen LogP contribution in [0.15, 0.2) is 85.6 Å². The number of carbonyl (C=O) groups excluding carboxylic acids is 1. The molecule has 0 aliphatic carbocycles. The van der Waals surface area contributed by atoms with Crippen LogP contribution in [0.1, 0.15) is 41.1 Å². The zero-order chi connectivity index (χ0) is 26.9. The van der Waals surface area contributed by atoms with Crippen molar-refractivity contribution in [1.29, 1.82) is 0 Å². The van der Waals surface area contributed by atoms with Crippen molar-refractivity contribution < 1.29 is 4.79 Å². The van der Waals surface area contributed by atoms with Crippen molar-refractivity contribution >= 4 is 39.7 Å². The van der Waals surface area contributed by atoms with E-state index in [1.165, 1.54) is 0 Å². The predicted octanol–water partition coefficient (Wildman–Crippen LogP) is 4.56. The summed E-state index contributed by atoms with van der Waals surface area (Å²) >= 11 is 5.83. The monoisotopic (exact) mass is 536 g/mol. The number of pyridine rings is 1. The van der Waals surface area contributed by atoms with Crippen molar-refractivity contribution in [2.45, 2.75) is 32.4 Å². The van der Waals surface area contributed by atoms with E-state index in [4.69, 9.17) is 12.2 Å². The Bertz CT molecular complexity index is 1640. The summed E-state index contributed by atoms with van der Waals surface area (Å²) in [5, 5.41) is 17.2. The smallest absolute Gasteiger partial charge is 0.226 e. The lowest BCUT2D eigenvalue weighted by atomic mass is 9.96. The van der Waals surface area contributed by atoms with E-state index in [0.717, 1.165) is 39.1 Å². The Morgan fingerprint density at radius 3 is 2.59 bits per heavy atom. The molecule has 2 N–H and O–H groups in total. The molecule has 39 heavy (non-hydrogen) atoms. The summed E-state index contributed by atoms with van der Waals surface area (Å²) in [6, 6.07) is 21.7. The fraction of sp³-hybridized carbons (Fsp3) is 0.207. The number of benzene rings is 2. The van der Waals surface area contributed by atoms with E-state index in [9.17, 15) is 4.79 Å². The van der Waals surface area contributed by atoms with Crippen LogP contribution in [0.25, 0.3) is 10.8 Å². The molecule has 4 heterocycles. The molecule has 0 spiro atoms. The van der Waals surface area contributed by atoms with Gasteiger partial charge in [-0.15, -0.1) is 10.2 Å². The third-order valence-electron chi connectivity index (χ3n) is 7.23. The van der Waals surface area contributed by atoms with E-state index in [-0.39, 0.29) is 24.4 Å². The number of carbonyl (C=O) groups is 1. The van der Waals surface area contributed by atoms with Gasteiger partial charge >= 0.3 is 0 Å². The van der Waals surface area contributed by atoms with Gasteiger partial charge in [0, 0.05) is 47.2 Å². The highest BCUT2D eigenvalue weighted by Crippen LogP contribution is 2.41. The van der Waals surface area contributed by atoms with E-state index in [0.29, 0.717) is 11.7 Å². The highest BCUT2D eigenvalue weighted by atomic mass is 32.1. The van der Waals surface area contributed by atoms with Gasteiger partial charge < -0.3 is 15.5 Å². The lowest BCUT2D eigenvalue weighted by Crippen LogP contribution is -2.33. The molecule has 0 saturated carbocycles. The number of nitrogens with zero attached hydrogens (tertiary/aromatic N) is 6. The summed E-state index contributed by atoms with van der Waals surface area (Å²) < 4.78 is 3.92. The maximum absolute atomic E-state index is 13.2. The SMILES string of the molecule is Cc1cc([C@H]2[C@@H](c3ccccn3)NC(=S)N2CCC(=O)Nc2cccc3ccccc23)c(C)n1-n1cnnc1. The Kier molecular flexibility index (Phi) is 6.54. The number of fused-ring (bicyclic) bond motifs is 1. The minimum atomic E-state index is -0.172. The molecule has 3 aromatic heterocycles. The van der Waals surface area contributed by atoms with E-state index in [1.807, 2.05) is 65.3 Å². The predicted molar refractivity (Wildman–Crippen MR) is 154 cm³/mol. The average molecular weight is 537 g/mol. The number of hydrogen-bond acceptors (Lipinski definition) is 5. The number of aromatic nitrogens is 5. The lowest BCUT2D eigenvalue weighted by Gasteiger charge is -2.28. The van der Waals surface area contributed by atoms with E-state index in [1.54, 1.807) is 18.9 Å². The largest absolute Gasteiger partial charge is 0.352 e. The number of anilines is 1. The van der Waals surface area contributed by atoms with Crippen molar-refractivity contribution in [3.63, 3.8) is 0 Å². The van der Waals surface area contributed by atoms with Crippen LogP contribution in [0.4, 0.5) is 5.69 Å². The van der Waals surface area contributed by atoms with Crippen LogP contribution in [-0.4, -0.2) is 47.0 Å². The maximum atomic E-state index is 13.2. The molecular formula is C29H28N8OS. The van der Waals surface area contributed by atoms with Crippen LogP contribution in [0.2, 0.25) is 0 Å². The van der Waals surface area contributed by atoms with Crippen molar-refractivity contribution in [1.82, 2.24) is 34.8 Å². The Morgan fingerprint density at radius 2 is 1.79 bits per heavy atom. The van der Waals surface area contributed by atoms with Crippen molar-refractivity contribution in [3.8, 4) is 0 Å². The molecule has 0 unspecified atom stereocenters. The second-order valence-electron chi connectivity index (χ2n) is 9.63. The first-order chi connectivity index (χ1) is 19.0.